The number of aromatic nitrogens is 3. The minimum Gasteiger partial charge on any atom is -0.376 e. The molecule has 0 radical (unpaired) electrons. The first kappa shape index (κ1) is 14.4. The largest absolute Gasteiger partial charge is 0.376 e. The fraction of sp³-hybridized carbons (Fsp3) is 0.471. The lowest BCUT2D eigenvalue weighted by Gasteiger charge is -2.46. The van der Waals surface area contributed by atoms with Crippen LogP contribution in [0.1, 0.15) is 12.8 Å². The van der Waals surface area contributed by atoms with Crippen LogP contribution in [0.15, 0.2) is 42.9 Å². The van der Waals surface area contributed by atoms with Crippen LogP contribution in [0, 0.1) is 5.92 Å². The van der Waals surface area contributed by atoms with E-state index in [9.17, 15) is 0 Å². The second kappa shape index (κ2) is 6.50. The summed E-state index contributed by atoms with van der Waals surface area (Å²) in [5.74, 6) is 2.19. The second-order valence-corrected chi connectivity index (χ2v) is 6.16. The van der Waals surface area contributed by atoms with Gasteiger partial charge in [-0.1, -0.05) is 6.07 Å². The Kier molecular flexibility index (Phi) is 4.06. The molecule has 6 heteroatoms. The van der Waals surface area contributed by atoms with Crippen molar-refractivity contribution in [2.75, 3.05) is 29.9 Å². The number of anilines is 2. The van der Waals surface area contributed by atoms with E-state index in [0.717, 1.165) is 37.9 Å². The van der Waals surface area contributed by atoms with Crippen LogP contribution in [0.25, 0.3) is 0 Å². The zero-order chi connectivity index (χ0) is 15.5. The van der Waals surface area contributed by atoms with Crippen LogP contribution in [0.3, 0.4) is 0 Å². The third-order valence-electron chi connectivity index (χ3n) is 4.60. The zero-order valence-corrected chi connectivity index (χ0v) is 13.0. The summed E-state index contributed by atoms with van der Waals surface area (Å²) in [4.78, 5) is 15.5. The van der Waals surface area contributed by atoms with Crippen molar-refractivity contribution in [3.8, 4) is 0 Å². The summed E-state index contributed by atoms with van der Waals surface area (Å²) in [5, 5.41) is 3.55. The van der Waals surface area contributed by atoms with Crippen LogP contribution < -0.4 is 10.2 Å². The highest BCUT2D eigenvalue weighted by atomic mass is 16.5. The van der Waals surface area contributed by atoms with Crippen molar-refractivity contribution in [2.24, 2.45) is 5.92 Å². The molecule has 1 N–H and O–H groups in total. The van der Waals surface area contributed by atoms with E-state index in [2.05, 4.69) is 25.2 Å². The lowest BCUT2D eigenvalue weighted by molar-refractivity contribution is -0.0425. The molecule has 2 saturated heterocycles. The summed E-state index contributed by atoms with van der Waals surface area (Å²) < 4.78 is 6.09. The predicted octanol–water partition coefficient (Wildman–Crippen LogP) is 1.97. The molecule has 0 aliphatic carbocycles. The molecule has 23 heavy (non-hydrogen) atoms. The van der Waals surface area contributed by atoms with E-state index in [1.54, 1.807) is 12.4 Å². The van der Waals surface area contributed by atoms with Gasteiger partial charge in [0.1, 0.15) is 5.82 Å². The van der Waals surface area contributed by atoms with Gasteiger partial charge in [-0.05, 0) is 31.0 Å². The summed E-state index contributed by atoms with van der Waals surface area (Å²) in [6, 6.07) is 7.96. The van der Waals surface area contributed by atoms with Gasteiger partial charge in [0.15, 0.2) is 0 Å². The van der Waals surface area contributed by atoms with Crippen molar-refractivity contribution in [3.63, 3.8) is 0 Å². The van der Waals surface area contributed by atoms with E-state index >= 15 is 0 Å². The molecule has 2 aromatic heterocycles. The maximum Gasteiger partial charge on any atom is 0.225 e. The standard InChI is InChI=1S/C17H21N5O/c1-2-7-18-15(6-1)21-14-12-22(17-19-8-4-9-20-17)11-13-5-3-10-23-16(13)14/h1-2,4,6-9,13-14,16H,3,5,10-12H2,(H,18,21)/t13-,14+,16-/m0/s1. The molecular weight excluding hydrogens is 290 g/mol. The van der Waals surface area contributed by atoms with E-state index in [-0.39, 0.29) is 12.1 Å². The lowest BCUT2D eigenvalue weighted by Crippen LogP contribution is -2.58. The quantitative estimate of drug-likeness (QED) is 0.935. The molecule has 0 aromatic carbocycles. The van der Waals surface area contributed by atoms with E-state index < -0.39 is 0 Å². The molecule has 2 aliphatic rings. The monoisotopic (exact) mass is 311 g/mol. The predicted molar refractivity (Wildman–Crippen MR) is 88.4 cm³/mol. The number of rotatable bonds is 3. The van der Waals surface area contributed by atoms with E-state index in [1.807, 2.05) is 30.5 Å². The van der Waals surface area contributed by atoms with Crippen molar-refractivity contribution >= 4 is 11.8 Å². The van der Waals surface area contributed by atoms with Crippen molar-refractivity contribution < 1.29 is 4.74 Å². The van der Waals surface area contributed by atoms with Crippen molar-refractivity contribution in [3.05, 3.63) is 42.9 Å². The molecule has 0 amide bonds. The summed E-state index contributed by atoms with van der Waals surface area (Å²) in [6.45, 7) is 2.63. The topological polar surface area (TPSA) is 63.2 Å². The molecule has 4 rings (SSSR count). The van der Waals surface area contributed by atoms with E-state index in [0.29, 0.717) is 5.92 Å². The number of hydrogen-bond acceptors (Lipinski definition) is 6. The molecule has 4 heterocycles. The highest BCUT2D eigenvalue weighted by molar-refractivity contribution is 5.39. The average molecular weight is 311 g/mol. The van der Waals surface area contributed by atoms with E-state index in [1.165, 1.54) is 6.42 Å². The van der Waals surface area contributed by atoms with Gasteiger partial charge in [0.25, 0.3) is 0 Å². The van der Waals surface area contributed by atoms with Crippen molar-refractivity contribution in [2.45, 2.75) is 25.0 Å². The van der Waals surface area contributed by atoms with Crippen LogP contribution in [0.4, 0.5) is 11.8 Å². The van der Waals surface area contributed by atoms with Gasteiger partial charge >= 0.3 is 0 Å². The minimum atomic E-state index is 0.188. The Balaban J connectivity index is 1.56. The molecule has 3 atom stereocenters. The number of piperidine rings is 1. The van der Waals surface area contributed by atoms with E-state index in [4.69, 9.17) is 4.74 Å². The summed E-state index contributed by atoms with van der Waals surface area (Å²) in [6.07, 6.45) is 7.95. The van der Waals surface area contributed by atoms with Gasteiger partial charge < -0.3 is 15.0 Å². The Morgan fingerprint density at radius 1 is 1.04 bits per heavy atom. The molecule has 0 spiro atoms. The molecule has 2 aliphatic heterocycles. The number of fused-ring (bicyclic) bond motifs is 1. The van der Waals surface area contributed by atoms with Crippen molar-refractivity contribution in [1.29, 1.82) is 0 Å². The highest BCUT2D eigenvalue weighted by Crippen LogP contribution is 2.31. The number of nitrogens with one attached hydrogen (secondary N) is 1. The molecule has 6 nitrogen and oxygen atoms in total. The Morgan fingerprint density at radius 2 is 1.91 bits per heavy atom. The van der Waals surface area contributed by atoms with Gasteiger partial charge in [-0.3, -0.25) is 0 Å². The third-order valence-corrected chi connectivity index (χ3v) is 4.60. The Labute approximate surface area is 135 Å². The van der Waals surface area contributed by atoms with Gasteiger partial charge in [-0.25, -0.2) is 15.0 Å². The van der Waals surface area contributed by atoms with Gasteiger partial charge in [-0.15, -0.1) is 0 Å². The molecule has 2 aromatic rings. The first-order valence-corrected chi connectivity index (χ1v) is 8.21. The van der Waals surface area contributed by atoms with Crippen LogP contribution in [0.5, 0.6) is 0 Å². The van der Waals surface area contributed by atoms with Crippen LogP contribution in [0.2, 0.25) is 0 Å². The first-order valence-electron chi connectivity index (χ1n) is 8.21. The Hall–Kier alpha value is -2.21. The number of nitrogens with zero attached hydrogens (tertiary/aromatic N) is 4. The maximum atomic E-state index is 6.09. The van der Waals surface area contributed by atoms with Gasteiger partial charge in [0.05, 0.1) is 12.1 Å². The highest BCUT2D eigenvalue weighted by Gasteiger charge is 2.40. The Morgan fingerprint density at radius 3 is 2.74 bits per heavy atom. The molecule has 0 saturated carbocycles. The fourth-order valence-electron chi connectivity index (χ4n) is 3.59. The lowest BCUT2D eigenvalue weighted by atomic mass is 9.85. The molecule has 0 bridgehead atoms. The summed E-state index contributed by atoms with van der Waals surface area (Å²) in [7, 11) is 0. The van der Waals surface area contributed by atoms with Crippen LogP contribution >= 0.6 is 0 Å². The second-order valence-electron chi connectivity index (χ2n) is 6.16. The zero-order valence-electron chi connectivity index (χ0n) is 13.0. The number of pyridine rings is 1. The normalized spacial score (nSPS) is 27.3. The molecule has 2 fully saturated rings. The summed E-state index contributed by atoms with van der Waals surface area (Å²) in [5.41, 5.74) is 0. The molecule has 0 unspecified atom stereocenters. The van der Waals surface area contributed by atoms with Gasteiger partial charge in [0.2, 0.25) is 5.95 Å². The number of ether oxygens (including phenoxy) is 1. The minimum absolute atomic E-state index is 0.188. The smallest absolute Gasteiger partial charge is 0.225 e. The van der Waals surface area contributed by atoms with Crippen LogP contribution in [-0.4, -0.2) is 46.8 Å². The van der Waals surface area contributed by atoms with Crippen LogP contribution in [-0.2, 0) is 4.74 Å². The average Bonchev–Trinajstić information content (AvgIpc) is 2.63. The fourth-order valence-corrected chi connectivity index (χ4v) is 3.59. The Bertz CT molecular complexity index is 623. The molecule has 120 valence electrons. The third kappa shape index (κ3) is 3.12. The first-order chi connectivity index (χ1) is 11.4. The maximum absolute atomic E-state index is 6.09. The van der Waals surface area contributed by atoms with Gasteiger partial charge in [0, 0.05) is 44.2 Å². The van der Waals surface area contributed by atoms with Crippen molar-refractivity contribution in [1.82, 2.24) is 15.0 Å². The molecular formula is C17H21N5O. The summed E-state index contributed by atoms with van der Waals surface area (Å²) >= 11 is 0. The number of hydrogen-bond donors (Lipinski definition) is 1. The SMILES string of the molecule is c1ccc(N[C@@H]2CN(c3ncccn3)C[C@@H]3CCCO[C@@H]32)nc1. The van der Waals surface area contributed by atoms with Gasteiger partial charge in [-0.2, -0.15) is 0 Å².